The number of aromatic hydroxyl groups is 1. The third-order valence-electron chi connectivity index (χ3n) is 3.84. The van der Waals surface area contributed by atoms with E-state index in [1.807, 2.05) is 6.07 Å². The number of anilines is 1. The zero-order valence-corrected chi connectivity index (χ0v) is 12.9. The van der Waals surface area contributed by atoms with Crippen LogP contribution in [0.15, 0.2) is 18.2 Å². The van der Waals surface area contributed by atoms with E-state index in [9.17, 15) is 5.11 Å². The van der Waals surface area contributed by atoms with Crippen molar-refractivity contribution >= 4 is 5.69 Å². The lowest BCUT2D eigenvalue weighted by molar-refractivity contribution is 0.460. The maximum Gasteiger partial charge on any atom is 0.138 e. The minimum absolute atomic E-state index is 0.395. The molecule has 0 aliphatic heterocycles. The highest BCUT2D eigenvalue weighted by Gasteiger charge is 2.17. The van der Waals surface area contributed by atoms with E-state index in [1.54, 1.807) is 6.07 Å². The average Bonchev–Trinajstić information content (AvgIpc) is 2.41. The van der Waals surface area contributed by atoms with E-state index in [0.717, 1.165) is 5.69 Å². The fraction of sp³-hybridized carbons (Fsp3) is 0.647. The highest BCUT2D eigenvalue weighted by molar-refractivity contribution is 5.59. The van der Waals surface area contributed by atoms with Crippen LogP contribution in [0.1, 0.15) is 57.9 Å². The monoisotopic (exact) mass is 263 g/mol. The smallest absolute Gasteiger partial charge is 0.138 e. The highest BCUT2D eigenvalue weighted by Crippen LogP contribution is 2.30. The molecule has 0 atom stereocenters. The summed E-state index contributed by atoms with van der Waals surface area (Å²) in [6.07, 6.45) is 7.39. The number of nitrogens with zero attached hydrogens (tertiary/aromatic N) is 1. The molecule has 0 spiro atoms. The Kier molecular flexibility index (Phi) is 6.75. The van der Waals surface area contributed by atoms with Crippen LogP contribution in [-0.4, -0.2) is 18.2 Å². The second kappa shape index (κ2) is 8.08. The summed E-state index contributed by atoms with van der Waals surface area (Å²) in [5.41, 5.74) is 2.17. The van der Waals surface area contributed by atoms with Gasteiger partial charge in [0.05, 0.1) is 5.69 Å². The standard InChI is InChI=1S/C17H29NO/c1-5-7-9-15(10-8-6-2)18(4)16-13-14(3)11-12-17(16)19/h11-13,15,19H,5-10H2,1-4H3. The van der Waals surface area contributed by atoms with Crippen LogP contribution >= 0.6 is 0 Å². The molecule has 0 bridgehead atoms. The van der Waals surface area contributed by atoms with Crippen LogP contribution in [0.4, 0.5) is 5.69 Å². The Bertz CT molecular complexity index is 368. The van der Waals surface area contributed by atoms with Crippen molar-refractivity contribution in [1.29, 1.82) is 0 Å². The lowest BCUT2D eigenvalue weighted by Crippen LogP contribution is -2.31. The third-order valence-corrected chi connectivity index (χ3v) is 3.84. The molecule has 2 nitrogen and oxygen atoms in total. The van der Waals surface area contributed by atoms with Crippen molar-refractivity contribution in [3.05, 3.63) is 23.8 Å². The maximum atomic E-state index is 10.1. The third kappa shape index (κ3) is 4.77. The van der Waals surface area contributed by atoms with Crippen molar-refractivity contribution in [2.45, 2.75) is 65.3 Å². The van der Waals surface area contributed by atoms with E-state index in [4.69, 9.17) is 0 Å². The fourth-order valence-corrected chi connectivity index (χ4v) is 2.52. The normalized spacial score (nSPS) is 11.0. The van der Waals surface area contributed by atoms with Gasteiger partial charge in [0.25, 0.3) is 0 Å². The Morgan fingerprint density at radius 2 is 1.68 bits per heavy atom. The first-order chi connectivity index (χ1) is 9.10. The van der Waals surface area contributed by atoms with Gasteiger partial charge >= 0.3 is 0 Å². The predicted molar refractivity (Wildman–Crippen MR) is 84.1 cm³/mol. The summed E-state index contributed by atoms with van der Waals surface area (Å²) >= 11 is 0. The number of hydrogen-bond acceptors (Lipinski definition) is 2. The zero-order chi connectivity index (χ0) is 14.3. The molecule has 1 aromatic rings. The molecule has 1 rings (SSSR count). The SMILES string of the molecule is CCCCC(CCCC)N(C)c1cc(C)ccc1O. The van der Waals surface area contributed by atoms with E-state index in [1.165, 1.54) is 44.1 Å². The van der Waals surface area contributed by atoms with Crippen LogP contribution in [0.25, 0.3) is 0 Å². The van der Waals surface area contributed by atoms with Crippen LogP contribution in [0.5, 0.6) is 5.75 Å². The summed E-state index contributed by atoms with van der Waals surface area (Å²) in [4.78, 5) is 2.27. The Balaban J connectivity index is 2.83. The number of phenols is 1. The predicted octanol–water partition coefficient (Wildman–Crippen LogP) is 4.89. The maximum absolute atomic E-state index is 10.1. The van der Waals surface area contributed by atoms with Gasteiger partial charge in [0.1, 0.15) is 5.75 Å². The number of benzene rings is 1. The van der Waals surface area contributed by atoms with Gasteiger partial charge in [-0.05, 0) is 37.5 Å². The summed E-state index contributed by atoms with van der Waals surface area (Å²) in [5, 5.41) is 10.1. The Morgan fingerprint density at radius 1 is 1.11 bits per heavy atom. The molecule has 0 aromatic heterocycles. The molecule has 0 amide bonds. The number of phenolic OH excluding ortho intramolecular Hbond substituents is 1. The second-order valence-corrected chi connectivity index (χ2v) is 5.54. The summed E-state index contributed by atoms with van der Waals surface area (Å²) in [6, 6.07) is 6.38. The number of unbranched alkanes of at least 4 members (excludes halogenated alkanes) is 2. The van der Waals surface area contributed by atoms with Crippen LogP contribution in [0.2, 0.25) is 0 Å². The van der Waals surface area contributed by atoms with Gasteiger partial charge in [-0.1, -0.05) is 45.6 Å². The van der Waals surface area contributed by atoms with E-state index in [0.29, 0.717) is 11.8 Å². The van der Waals surface area contributed by atoms with Gasteiger partial charge in [-0.3, -0.25) is 0 Å². The molecule has 0 aliphatic rings. The van der Waals surface area contributed by atoms with Crippen LogP contribution in [0.3, 0.4) is 0 Å². The molecule has 0 saturated carbocycles. The molecule has 0 saturated heterocycles. The molecule has 1 N–H and O–H groups in total. The summed E-state index contributed by atoms with van der Waals surface area (Å²) < 4.78 is 0. The first-order valence-corrected chi connectivity index (χ1v) is 7.62. The molecule has 0 aliphatic carbocycles. The van der Waals surface area contributed by atoms with Gasteiger partial charge in [0, 0.05) is 13.1 Å². The van der Waals surface area contributed by atoms with Gasteiger partial charge in [-0.2, -0.15) is 0 Å². The number of aryl methyl sites for hydroxylation is 1. The first kappa shape index (κ1) is 15.9. The van der Waals surface area contributed by atoms with E-state index in [-0.39, 0.29) is 0 Å². The van der Waals surface area contributed by atoms with E-state index in [2.05, 4.69) is 38.8 Å². The van der Waals surface area contributed by atoms with Gasteiger partial charge < -0.3 is 10.0 Å². The van der Waals surface area contributed by atoms with E-state index >= 15 is 0 Å². The molecule has 0 unspecified atom stereocenters. The molecule has 1 aromatic carbocycles. The van der Waals surface area contributed by atoms with Crippen LogP contribution in [-0.2, 0) is 0 Å². The van der Waals surface area contributed by atoms with Crippen molar-refractivity contribution in [3.8, 4) is 5.75 Å². The summed E-state index contributed by atoms with van der Waals surface area (Å²) in [7, 11) is 2.12. The van der Waals surface area contributed by atoms with Crippen molar-refractivity contribution in [3.63, 3.8) is 0 Å². The minimum Gasteiger partial charge on any atom is -0.506 e. The molecule has 19 heavy (non-hydrogen) atoms. The van der Waals surface area contributed by atoms with Crippen molar-refractivity contribution in [1.82, 2.24) is 0 Å². The molecule has 108 valence electrons. The molecular weight excluding hydrogens is 234 g/mol. The van der Waals surface area contributed by atoms with Crippen molar-refractivity contribution < 1.29 is 5.11 Å². The molecule has 2 heteroatoms. The van der Waals surface area contributed by atoms with Gasteiger partial charge in [0.15, 0.2) is 0 Å². The molecule has 0 heterocycles. The summed E-state index contributed by atoms with van der Waals surface area (Å²) in [6.45, 7) is 6.55. The topological polar surface area (TPSA) is 23.5 Å². The Morgan fingerprint density at radius 3 is 2.21 bits per heavy atom. The molecule has 0 fully saturated rings. The Labute approximate surface area is 118 Å². The van der Waals surface area contributed by atoms with Crippen LogP contribution < -0.4 is 4.90 Å². The second-order valence-electron chi connectivity index (χ2n) is 5.54. The van der Waals surface area contributed by atoms with Gasteiger partial charge in [-0.15, -0.1) is 0 Å². The lowest BCUT2D eigenvalue weighted by Gasteiger charge is -2.31. The minimum atomic E-state index is 0.395. The number of rotatable bonds is 8. The van der Waals surface area contributed by atoms with Crippen LogP contribution in [0, 0.1) is 6.92 Å². The fourth-order valence-electron chi connectivity index (χ4n) is 2.52. The molecular formula is C17H29NO. The summed E-state index contributed by atoms with van der Waals surface area (Å²) in [5.74, 6) is 0.395. The highest BCUT2D eigenvalue weighted by atomic mass is 16.3. The lowest BCUT2D eigenvalue weighted by atomic mass is 10.0. The largest absolute Gasteiger partial charge is 0.506 e. The van der Waals surface area contributed by atoms with Gasteiger partial charge in [0.2, 0.25) is 0 Å². The van der Waals surface area contributed by atoms with Crippen molar-refractivity contribution in [2.75, 3.05) is 11.9 Å². The Hall–Kier alpha value is -1.18. The first-order valence-electron chi connectivity index (χ1n) is 7.62. The van der Waals surface area contributed by atoms with Crippen molar-refractivity contribution in [2.24, 2.45) is 0 Å². The zero-order valence-electron chi connectivity index (χ0n) is 12.9. The van der Waals surface area contributed by atoms with Gasteiger partial charge in [-0.25, -0.2) is 0 Å². The average molecular weight is 263 g/mol. The molecule has 0 radical (unpaired) electrons. The number of hydrogen-bond donors (Lipinski definition) is 1. The van der Waals surface area contributed by atoms with E-state index < -0.39 is 0 Å². The quantitative estimate of drug-likeness (QED) is 0.722.